The minimum atomic E-state index is -0.521. The normalized spacial score (nSPS) is 12.6. The van der Waals surface area contributed by atoms with Gasteiger partial charge in [0, 0.05) is 17.7 Å². The number of benzene rings is 1. The second kappa shape index (κ2) is 3.62. The van der Waals surface area contributed by atoms with Crippen LogP contribution in [0.3, 0.4) is 0 Å². The summed E-state index contributed by atoms with van der Waals surface area (Å²) in [6.45, 7) is 1.67. The number of aromatic hydroxyl groups is 1. The predicted octanol–water partition coefficient (Wildman–Crippen LogP) is 1.56. The van der Waals surface area contributed by atoms with E-state index in [1.165, 1.54) is 19.2 Å². The van der Waals surface area contributed by atoms with Crippen molar-refractivity contribution >= 4 is 0 Å². The van der Waals surface area contributed by atoms with Crippen LogP contribution in [0.25, 0.3) is 0 Å². The first-order chi connectivity index (χ1) is 6.06. The summed E-state index contributed by atoms with van der Waals surface area (Å²) in [5.41, 5.74) is 5.88. The fraction of sp³-hybridized carbons (Fsp3) is 0.333. The summed E-state index contributed by atoms with van der Waals surface area (Å²) in [7, 11) is 1.34. The van der Waals surface area contributed by atoms with Gasteiger partial charge in [-0.3, -0.25) is 0 Å². The van der Waals surface area contributed by atoms with Gasteiger partial charge in [-0.1, -0.05) is 0 Å². The Bertz CT molecular complexity index is 313. The molecule has 0 saturated carbocycles. The van der Waals surface area contributed by atoms with Gasteiger partial charge in [0.15, 0.2) is 11.6 Å². The average Bonchev–Trinajstić information content (AvgIpc) is 2.07. The first-order valence-corrected chi connectivity index (χ1v) is 3.88. The van der Waals surface area contributed by atoms with Gasteiger partial charge >= 0.3 is 0 Å². The molecule has 72 valence electrons. The molecule has 3 nitrogen and oxygen atoms in total. The molecule has 1 aromatic carbocycles. The molecule has 0 radical (unpaired) electrons. The van der Waals surface area contributed by atoms with Crippen molar-refractivity contribution in [2.75, 3.05) is 7.11 Å². The molecule has 0 bridgehead atoms. The van der Waals surface area contributed by atoms with Crippen LogP contribution in [0.1, 0.15) is 18.5 Å². The Morgan fingerprint density at radius 2 is 2.15 bits per heavy atom. The molecule has 1 atom stereocenters. The van der Waals surface area contributed by atoms with Crippen LogP contribution in [-0.4, -0.2) is 12.2 Å². The van der Waals surface area contributed by atoms with Crippen molar-refractivity contribution in [3.05, 3.63) is 23.5 Å². The molecule has 3 N–H and O–H groups in total. The highest BCUT2D eigenvalue weighted by atomic mass is 19.1. The largest absolute Gasteiger partial charge is 0.507 e. The number of hydrogen-bond acceptors (Lipinski definition) is 3. The van der Waals surface area contributed by atoms with Crippen LogP contribution < -0.4 is 10.5 Å². The van der Waals surface area contributed by atoms with E-state index in [2.05, 4.69) is 4.74 Å². The van der Waals surface area contributed by atoms with E-state index in [9.17, 15) is 9.50 Å². The van der Waals surface area contributed by atoms with Gasteiger partial charge < -0.3 is 15.6 Å². The highest BCUT2D eigenvalue weighted by Gasteiger charge is 2.11. The Morgan fingerprint density at radius 1 is 1.54 bits per heavy atom. The molecule has 0 aromatic heterocycles. The van der Waals surface area contributed by atoms with Crippen molar-refractivity contribution < 1.29 is 14.2 Å². The SMILES string of the molecule is COc1cc(O)c(C(C)N)cc1F. The van der Waals surface area contributed by atoms with E-state index in [1.807, 2.05) is 0 Å². The van der Waals surface area contributed by atoms with Crippen LogP contribution in [0.5, 0.6) is 11.5 Å². The van der Waals surface area contributed by atoms with Crippen molar-refractivity contribution in [2.24, 2.45) is 5.73 Å². The van der Waals surface area contributed by atoms with Crippen molar-refractivity contribution in [1.82, 2.24) is 0 Å². The Balaban J connectivity index is 3.20. The molecule has 0 heterocycles. The van der Waals surface area contributed by atoms with E-state index in [0.717, 1.165) is 0 Å². The fourth-order valence-electron chi connectivity index (χ4n) is 1.08. The van der Waals surface area contributed by atoms with E-state index in [1.54, 1.807) is 6.92 Å². The lowest BCUT2D eigenvalue weighted by Gasteiger charge is -2.10. The van der Waals surface area contributed by atoms with Crippen LogP contribution in [0.2, 0.25) is 0 Å². The molecule has 4 heteroatoms. The lowest BCUT2D eigenvalue weighted by molar-refractivity contribution is 0.378. The molecule has 0 aliphatic heterocycles. The zero-order valence-corrected chi connectivity index (χ0v) is 7.54. The predicted molar refractivity (Wildman–Crippen MR) is 47.2 cm³/mol. The maximum atomic E-state index is 13.1. The van der Waals surface area contributed by atoms with Crippen molar-refractivity contribution in [1.29, 1.82) is 0 Å². The van der Waals surface area contributed by atoms with Crippen molar-refractivity contribution in [3.63, 3.8) is 0 Å². The number of phenolic OH excluding ortho intramolecular Hbond substituents is 1. The van der Waals surface area contributed by atoms with Gasteiger partial charge in [0.2, 0.25) is 0 Å². The summed E-state index contributed by atoms with van der Waals surface area (Å²) >= 11 is 0. The third kappa shape index (κ3) is 1.89. The van der Waals surface area contributed by atoms with E-state index >= 15 is 0 Å². The molecular formula is C9H12FNO2. The second-order valence-corrected chi connectivity index (χ2v) is 2.83. The van der Waals surface area contributed by atoms with Crippen molar-refractivity contribution in [2.45, 2.75) is 13.0 Å². The van der Waals surface area contributed by atoms with Crippen LogP contribution in [0, 0.1) is 5.82 Å². The van der Waals surface area contributed by atoms with Crippen LogP contribution >= 0.6 is 0 Å². The standard InChI is InChI=1S/C9H12FNO2/c1-5(11)6-3-7(10)9(13-2)4-8(6)12/h3-5,12H,11H2,1-2H3. The van der Waals surface area contributed by atoms with Gasteiger partial charge in [-0.2, -0.15) is 0 Å². The Kier molecular flexibility index (Phi) is 2.72. The minimum absolute atomic E-state index is 0.0156. The fourth-order valence-corrected chi connectivity index (χ4v) is 1.08. The maximum absolute atomic E-state index is 13.1. The monoisotopic (exact) mass is 185 g/mol. The zero-order valence-electron chi connectivity index (χ0n) is 7.54. The van der Waals surface area contributed by atoms with Crippen LogP contribution in [0.4, 0.5) is 4.39 Å². The smallest absolute Gasteiger partial charge is 0.165 e. The second-order valence-electron chi connectivity index (χ2n) is 2.83. The van der Waals surface area contributed by atoms with Gasteiger partial charge in [0.25, 0.3) is 0 Å². The molecule has 0 fully saturated rings. The summed E-state index contributed by atoms with van der Waals surface area (Å²) in [4.78, 5) is 0. The summed E-state index contributed by atoms with van der Waals surface area (Å²) in [6.07, 6.45) is 0. The highest BCUT2D eigenvalue weighted by molar-refractivity contribution is 5.42. The number of nitrogens with two attached hydrogens (primary N) is 1. The van der Waals surface area contributed by atoms with Gasteiger partial charge in [-0.15, -0.1) is 0 Å². The van der Waals surface area contributed by atoms with Gasteiger partial charge in [0.05, 0.1) is 7.11 Å². The zero-order chi connectivity index (χ0) is 10.0. The quantitative estimate of drug-likeness (QED) is 0.735. The highest BCUT2D eigenvalue weighted by Crippen LogP contribution is 2.29. The molecule has 0 saturated heterocycles. The molecule has 13 heavy (non-hydrogen) atoms. The molecule has 0 aliphatic carbocycles. The summed E-state index contributed by atoms with van der Waals surface area (Å²) in [5, 5.41) is 9.39. The van der Waals surface area contributed by atoms with Crippen LogP contribution in [-0.2, 0) is 0 Å². The average molecular weight is 185 g/mol. The lowest BCUT2D eigenvalue weighted by atomic mass is 10.1. The van der Waals surface area contributed by atoms with Gasteiger partial charge in [-0.25, -0.2) is 4.39 Å². The van der Waals surface area contributed by atoms with Gasteiger partial charge in [0.1, 0.15) is 5.75 Å². The molecule has 1 aromatic rings. The van der Waals surface area contributed by atoms with E-state index < -0.39 is 11.9 Å². The molecule has 1 unspecified atom stereocenters. The van der Waals surface area contributed by atoms with E-state index in [-0.39, 0.29) is 11.5 Å². The number of ether oxygens (including phenoxy) is 1. The first kappa shape index (κ1) is 9.80. The lowest BCUT2D eigenvalue weighted by Crippen LogP contribution is -2.06. The Hall–Kier alpha value is -1.29. The molecular weight excluding hydrogens is 173 g/mol. The molecule has 0 amide bonds. The maximum Gasteiger partial charge on any atom is 0.165 e. The van der Waals surface area contributed by atoms with E-state index in [4.69, 9.17) is 5.73 Å². The third-order valence-electron chi connectivity index (χ3n) is 1.79. The third-order valence-corrected chi connectivity index (χ3v) is 1.79. The Labute approximate surface area is 75.9 Å². The van der Waals surface area contributed by atoms with Crippen LogP contribution in [0.15, 0.2) is 12.1 Å². The minimum Gasteiger partial charge on any atom is -0.507 e. The number of methoxy groups -OCH3 is 1. The number of hydrogen-bond donors (Lipinski definition) is 2. The summed E-state index contributed by atoms with van der Waals surface area (Å²) < 4.78 is 17.8. The number of rotatable bonds is 2. The van der Waals surface area contributed by atoms with Gasteiger partial charge in [-0.05, 0) is 13.0 Å². The number of halogens is 1. The molecule has 0 spiro atoms. The van der Waals surface area contributed by atoms with Crippen molar-refractivity contribution in [3.8, 4) is 11.5 Å². The summed E-state index contributed by atoms with van der Waals surface area (Å²) in [5.74, 6) is -0.553. The van der Waals surface area contributed by atoms with E-state index in [0.29, 0.717) is 5.56 Å². The first-order valence-electron chi connectivity index (χ1n) is 3.88. The summed E-state index contributed by atoms with van der Waals surface area (Å²) in [6, 6.07) is 1.99. The number of phenols is 1. The molecule has 1 rings (SSSR count). The Morgan fingerprint density at radius 3 is 2.62 bits per heavy atom. The topological polar surface area (TPSA) is 55.5 Å². The molecule has 0 aliphatic rings.